The van der Waals surface area contributed by atoms with E-state index in [4.69, 9.17) is 20.3 Å². The molecule has 9 amide bonds. The van der Waals surface area contributed by atoms with E-state index in [2.05, 4.69) is 47.9 Å². The number of ketones is 1. The molecule has 7 atom stereocenters. The van der Waals surface area contributed by atoms with Gasteiger partial charge in [0.15, 0.2) is 5.78 Å². The van der Waals surface area contributed by atoms with Crippen molar-refractivity contribution in [3.05, 3.63) is 140 Å². The molecule has 15 N–H and O–H groups in total. The Morgan fingerprint density at radius 3 is 1.86 bits per heavy atom. The van der Waals surface area contributed by atoms with E-state index in [1.165, 1.54) is 29.9 Å². The molecule has 37 heteroatoms. The number of ether oxygens (including phenoxy) is 2. The van der Waals surface area contributed by atoms with Crippen molar-refractivity contribution in [1.29, 1.82) is 0 Å². The lowest BCUT2D eigenvalue weighted by atomic mass is 10.0. The van der Waals surface area contributed by atoms with Gasteiger partial charge in [0, 0.05) is 98.4 Å². The summed E-state index contributed by atoms with van der Waals surface area (Å²) < 4.78 is 11.9. The number of non-ortho nitro benzene ring substituents is 1. The first-order valence-corrected chi connectivity index (χ1v) is 36.4. The maximum absolute atomic E-state index is 14.2. The minimum Gasteiger partial charge on any atom is -0.497 e. The van der Waals surface area contributed by atoms with Gasteiger partial charge in [-0.2, -0.15) is 0 Å². The van der Waals surface area contributed by atoms with E-state index in [-0.39, 0.29) is 110 Å². The summed E-state index contributed by atoms with van der Waals surface area (Å²) in [5.74, 6) is -10.7. The summed E-state index contributed by atoms with van der Waals surface area (Å²) in [7, 11) is 3.45. The van der Waals surface area contributed by atoms with Crippen molar-refractivity contribution in [3.63, 3.8) is 0 Å². The number of benzene rings is 4. The molecule has 0 spiro atoms. The van der Waals surface area contributed by atoms with Crippen LogP contribution in [0.4, 0.5) is 15.3 Å². The van der Waals surface area contributed by atoms with Gasteiger partial charge in [0.2, 0.25) is 35.4 Å². The van der Waals surface area contributed by atoms with Crippen LogP contribution in [-0.4, -0.2) is 201 Å². The molecular formula is C70H84N12O23S2. The highest BCUT2D eigenvalue weighted by Crippen LogP contribution is 2.41. The number of carboxylic acid groups (broad SMARTS) is 4. The molecule has 1 aromatic heterocycles. The summed E-state index contributed by atoms with van der Waals surface area (Å²) >= 11 is 0. The van der Waals surface area contributed by atoms with Crippen molar-refractivity contribution < 1.29 is 102 Å². The number of aliphatic carboxylic acids is 4. The summed E-state index contributed by atoms with van der Waals surface area (Å²) in [5.41, 5.74) is 7.75. The van der Waals surface area contributed by atoms with Crippen LogP contribution in [0, 0.1) is 10.1 Å². The number of carboxylic acids is 4. The molecule has 0 aliphatic heterocycles. The second kappa shape index (κ2) is 43.1. The average molecular weight is 1530 g/mol. The SMILES string of the molecule is COc1ccc2c(c1)C(=O)c1c-2n(CCCNC(=O)OCCSSC[C@H](NC(=O)[C@H](CC(=O)O)NC(=O)[C@@H](N)CNC(=O)[C@H](Cc2ccccc2)NC(=O)[C@H](Cc2ccccc2)NC(=O)CCCCCCCNC(=O)CC[C@@H](C=O)NC(=O)N[C@@H](CCC(=O)O)C(=O)O)C(=O)O)c(=O)c2cc([N+](=O)[O-])ccc12. The van der Waals surface area contributed by atoms with Gasteiger partial charge in [-0.25, -0.2) is 19.2 Å². The van der Waals surface area contributed by atoms with E-state index >= 15 is 0 Å². The first-order valence-electron chi connectivity index (χ1n) is 33.9. The molecule has 107 heavy (non-hydrogen) atoms. The van der Waals surface area contributed by atoms with Crippen molar-refractivity contribution >= 4 is 122 Å². The predicted molar refractivity (Wildman–Crippen MR) is 388 cm³/mol. The zero-order valence-corrected chi connectivity index (χ0v) is 59.7. The Bertz CT molecular complexity index is 4110. The van der Waals surface area contributed by atoms with Crippen LogP contribution in [0.15, 0.2) is 102 Å². The highest BCUT2D eigenvalue weighted by atomic mass is 33.1. The number of alkyl carbamates (subject to hydrolysis) is 1. The molecule has 0 saturated carbocycles. The lowest BCUT2D eigenvalue weighted by Gasteiger charge is -2.24. The third-order valence-electron chi connectivity index (χ3n) is 16.6. The van der Waals surface area contributed by atoms with Gasteiger partial charge in [0.1, 0.15) is 54.9 Å². The van der Waals surface area contributed by atoms with Crippen LogP contribution in [0.1, 0.15) is 104 Å². The van der Waals surface area contributed by atoms with Gasteiger partial charge >= 0.3 is 36.0 Å². The van der Waals surface area contributed by atoms with Gasteiger partial charge in [0.05, 0.1) is 41.1 Å². The second-order valence-corrected chi connectivity index (χ2v) is 27.1. The number of nitro benzene ring substituents is 1. The topological polar surface area (TPSA) is 538 Å². The van der Waals surface area contributed by atoms with E-state index in [1.54, 1.807) is 72.8 Å². The van der Waals surface area contributed by atoms with Gasteiger partial charge in [-0.15, -0.1) is 0 Å². The molecule has 1 heterocycles. The van der Waals surface area contributed by atoms with Gasteiger partial charge in [0.25, 0.3) is 11.2 Å². The largest absolute Gasteiger partial charge is 0.497 e. The molecule has 6 rings (SSSR count). The van der Waals surface area contributed by atoms with Gasteiger partial charge in [-0.3, -0.25) is 58.1 Å². The Hall–Kier alpha value is -11.5. The summed E-state index contributed by atoms with van der Waals surface area (Å²) in [6, 6.07) is 14.5. The quantitative estimate of drug-likeness (QED) is 0.00858. The highest BCUT2D eigenvalue weighted by molar-refractivity contribution is 8.76. The van der Waals surface area contributed by atoms with Crippen LogP contribution < -0.4 is 63.9 Å². The molecule has 0 bridgehead atoms. The van der Waals surface area contributed by atoms with Crippen LogP contribution in [0.25, 0.3) is 22.0 Å². The number of rotatable bonds is 47. The van der Waals surface area contributed by atoms with Gasteiger partial charge < -0.3 is 92.8 Å². The van der Waals surface area contributed by atoms with E-state index in [0.717, 1.165) is 27.7 Å². The number of aromatic nitrogens is 1. The number of nitrogens with two attached hydrogens (primary N) is 1. The predicted octanol–water partition coefficient (Wildman–Crippen LogP) is 2.48. The van der Waals surface area contributed by atoms with Crippen LogP contribution in [-0.2, 0) is 76.9 Å². The fourth-order valence-corrected chi connectivity index (χ4v) is 13.1. The minimum atomic E-state index is -1.86. The molecule has 0 radical (unpaired) electrons. The number of nitrogens with one attached hydrogen (secondary N) is 9. The average Bonchev–Trinajstić information content (AvgIpc) is 1.56. The molecule has 574 valence electrons. The smallest absolute Gasteiger partial charge is 0.407 e. The fraction of sp³-hybridized carbons (Fsp3) is 0.414. The van der Waals surface area contributed by atoms with Gasteiger partial charge in [-0.05, 0) is 67.5 Å². The molecule has 4 aromatic carbocycles. The molecule has 5 aromatic rings. The van der Waals surface area contributed by atoms with Crippen molar-refractivity contribution in [2.75, 3.05) is 44.9 Å². The first-order chi connectivity index (χ1) is 51.2. The fourth-order valence-electron chi connectivity index (χ4n) is 11.1. The number of nitrogens with zero attached hydrogens (tertiary/aromatic N) is 2. The number of pyridine rings is 1. The maximum atomic E-state index is 14.2. The zero-order chi connectivity index (χ0) is 78.1. The maximum Gasteiger partial charge on any atom is 0.407 e. The van der Waals surface area contributed by atoms with E-state index in [0.29, 0.717) is 66.5 Å². The molecule has 35 nitrogen and oxygen atoms in total. The number of hydrogen-bond donors (Lipinski definition) is 14. The standard InChI is InChI=1S/C70H84N12O23S2/c1-104-44-21-23-46-47(35-44)61(90)59-45-22-20-43(82(102)103)34-48(45)66(95)81(60(46)59)29-13-28-73-70(101)105-30-31-106-107-39-54(68(98)99)79-65(94)53(36-58(88)89)77-62(91)49(71)37-74-63(92)51(32-40-14-7-5-8-15-40)78-64(93)52(33-41-16-9-6-10-17-41)76-56(85)18-11-3-2-4-12-27-72-55(84)25-19-42(38-83)75-69(100)80-50(67(96)97)24-26-57(86)87/h5-10,14-17,20-23,34-35,38,42,49-54H,2-4,11-13,18-19,24-33,36-37,39,71H2,1H3,(H,72,84)(H,73,101)(H,74,92)(H,76,85)(H,77,91)(H,78,93)(H,79,94)(H,86,87)(H,88,89)(H,96,97)(H,98,99)(H2,75,80,100)/t42-,49-,50-,51-,52-,53-,54-/m0/s1. The van der Waals surface area contributed by atoms with Crippen LogP contribution in [0.5, 0.6) is 5.75 Å². The number of amides is 9. The highest BCUT2D eigenvalue weighted by Gasteiger charge is 2.36. The van der Waals surface area contributed by atoms with E-state index < -0.39 is 149 Å². The zero-order valence-electron chi connectivity index (χ0n) is 58.0. The number of carbonyl (C=O) groups excluding carboxylic acids is 10. The molecule has 0 unspecified atom stereocenters. The number of fused-ring (bicyclic) bond motifs is 5. The number of aldehydes is 1. The van der Waals surface area contributed by atoms with E-state index in [9.17, 15) is 97.4 Å². The monoisotopic (exact) mass is 1520 g/mol. The van der Waals surface area contributed by atoms with Crippen molar-refractivity contribution in [2.24, 2.45) is 5.73 Å². The Morgan fingerprint density at radius 2 is 1.22 bits per heavy atom. The summed E-state index contributed by atoms with van der Waals surface area (Å²) in [6.45, 7) is -0.526. The third kappa shape index (κ3) is 27.2. The Morgan fingerprint density at radius 1 is 0.598 bits per heavy atom. The van der Waals surface area contributed by atoms with Gasteiger partial charge in [-0.1, -0.05) is 102 Å². The second-order valence-electron chi connectivity index (χ2n) is 24.5. The number of methoxy groups -OCH3 is 1. The third-order valence-corrected chi connectivity index (χ3v) is 19.0. The number of hydrogen-bond acceptors (Lipinski definition) is 22. The lowest BCUT2D eigenvalue weighted by Crippen LogP contribution is -2.58. The van der Waals surface area contributed by atoms with Crippen LogP contribution in [0.2, 0.25) is 0 Å². The Labute approximate surface area is 619 Å². The molecule has 1 aliphatic rings. The van der Waals surface area contributed by atoms with Crippen LogP contribution in [0.3, 0.4) is 0 Å². The van der Waals surface area contributed by atoms with Crippen molar-refractivity contribution in [2.45, 2.75) is 139 Å². The van der Waals surface area contributed by atoms with Crippen molar-refractivity contribution in [3.8, 4) is 17.0 Å². The summed E-state index contributed by atoms with van der Waals surface area (Å²) in [6.07, 6.45) is 0.422. The molecule has 0 fully saturated rings. The number of carbonyl (C=O) groups is 14. The Balaban J connectivity index is 0.925. The summed E-state index contributed by atoms with van der Waals surface area (Å²) in [4.78, 5) is 203. The van der Waals surface area contributed by atoms with E-state index in [1.807, 2.05) is 0 Å². The normalized spacial score (nSPS) is 13.2. The van der Waals surface area contributed by atoms with Crippen molar-refractivity contribution in [1.82, 2.24) is 52.4 Å². The molecular weight excluding hydrogens is 1440 g/mol. The number of unbranched alkanes of at least 4 members (excludes halogenated alkanes) is 4. The lowest BCUT2D eigenvalue weighted by molar-refractivity contribution is -0.384. The summed E-state index contributed by atoms with van der Waals surface area (Å²) in [5, 5.41) is 71.6. The number of nitro groups is 1. The molecule has 0 saturated heterocycles. The first kappa shape index (κ1) is 84.5. The number of urea groups is 1. The molecule has 1 aliphatic carbocycles. The Kier molecular flexibility index (Phi) is 34.0. The minimum absolute atomic E-state index is 0.00985. The van der Waals surface area contributed by atoms with Crippen LogP contribution >= 0.6 is 21.6 Å².